The number of piperidine rings is 1. The van der Waals surface area contributed by atoms with Gasteiger partial charge in [-0.2, -0.15) is 0 Å². The third-order valence-electron chi connectivity index (χ3n) is 4.71. The summed E-state index contributed by atoms with van der Waals surface area (Å²) >= 11 is 0. The smallest absolute Gasteiger partial charge is 0.362 e. The number of nitrogens with zero attached hydrogens (tertiary/aromatic N) is 2. The van der Waals surface area contributed by atoms with Crippen LogP contribution >= 0.6 is 0 Å². The molecule has 0 amide bonds. The SMILES string of the molecule is CCCc1cc(C(=O)OC23CCCC(CC2)N3C)no1. The van der Waals surface area contributed by atoms with Crippen LogP contribution in [0.15, 0.2) is 10.6 Å². The minimum absolute atomic E-state index is 0.297. The number of ether oxygens (including phenoxy) is 1. The van der Waals surface area contributed by atoms with Crippen LogP contribution in [0.5, 0.6) is 0 Å². The molecule has 0 radical (unpaired) electrons. The first kappa shape index (κ1) is 13.6. The van der Waals surface area contributed by atoms with E-state index >= 15 is 0 Å². The van der Waals surface area contributed by atoms with E-state index in [4.69, 9.17) is 9.26 Å². The molecule has 110 valence electrons. The van der Waals surface area contributed by atoms with E-state index in [0.717, 1.165) is 44.3 Å². The van der Waals surface area contributed by atoms with Crippen LogP contribution in [0.4, 0.5) is 0 Å². The highest BCUT2D eigenvalue weighted by Gasteiger charge is 2.49. The van der Waals surface area contributed by atoms with Gasteiger partial charge >= 0.3 is 5.97 Å². The molecule has 5 heteroatoms. The van der Waals surface area contributed by atoms with Crippen LogP contribution in [0.2, 0.25) is 0 Å². The van der Waals surface area contributed by atoms with E-state index in [0.29, 0.717) is 11.7 Å². The summed E-state index contributed by atoms with van der Waals surface area (Å²) in [6, 6.07) is 2.27. The van der Waals surface area contributed by atoms with Gasteiger partial charge in [-0.15, -0.1) is 0 Å². The number of aromatic nitrogens is 1. The van der Waals surface area contributed by atoms with Crippen molar-refractivity contribution >= 4 is 5.97 Å². The summed E-state index contributed by atoms with van der Waals surface area (Å²) in [7, 11) is 2.06. The molecule has 3 heterocycles. The topological polar surface area (TPSA) is 55.6 Å². The lowest BCUT2D eigenvalue weighted by atomic mass is 10.0. The van der Waals surface area contributed by atoms with Gasteiger partial charge in [-0.05, 0) is 32.7 Å². The van der Waals surface area contributed by atoms with Crippen LogP contribution in [0.3, 0.4) is 0 Å². The number of fused-ring (bicyclic) bond motifs is 2. The molecule has 0 aliphatic carbocycles. The molecule has 0 aromatic carbocycles. The molecule has 20 heavy (non-hydrogen) atoms. The van der Waals surface area contributed by atoms with E-state index in [1.54, 1.807) is 6.07 Å². The predicted octanol–water partition coefficient (Wildman–Crippen LogP) is 2.76. The summed E-state index contributed by atoms with van der Waals surface area (Å²) < 4.78 is 11.0. The van der Waals surface area contributed by atoms with Gasteiger partial charge in [0.05, 0.1) is 0 Å². The molecule has 2 aliphatic heterocycles. The zero-order valence-electron chi connectivity index (χ0n) is 12.2. The third-order valence-corrected chi connectivity index (χ3v) is 4.71. The van der Waals surface area contributed by atoms with E-state index in [2.05, 4.69) is 24.0 Å². The molecule has 0 spiro atoms. The molecular formula is C15H22N2O3. The Labute approximate surface area is 119 Å². The number of hydrogen-bond donors (Lipinski definition) is 0. The molecule has 2 fully saturated rings. The Balaban J connectivity index is 1.71. The summed E-state index contributed by atoms with van der Waals surface area (Å²) in [5.74, 6) is 0.392. The summed E-state index contributed by atoms with van der Waals surface area (Å²) in [6.07, 6.45) is 7.07. The molecule has 1 aromatic rings. The van der Waals surface area contributed by atoms with Crippen molar-refractivity contribution in [2.75, 3.05) is 7.05 Å². The lowest BCUT2D eigenvalue weighted by Crippen LogP contribution is -2.50. The zero-order valence-corrected chi connectivity index (χ0v) is 12.2. The number of esters is 1. The highest BCUT2D eigenvalue weighted by Crippen LogP contribution is 2.43. The maximum absolute atomic E-state index is 12.3. The van der Waals surface area contributed by atoms with Crippen molar-refractivity contribution in [3.63, 3.8) is 0 Å². The van der Waals surface area contributed by atoms with Crippen molar-refractivity contribution in [2.24, 2.45) is 0 Å². The van der Waals surface area contributed by atoms with Crippen LogP contribution in [0.1, 0.15) is 61.7 Å². The van der Waals surface area contributed by atoms with E-state index < -0.39 is 5.72 Å². The van der Waals surface area contributed by atoms with Crippen molar-refractivity contribution in [3.8, 4) is 0 Å². The van der Waals surface area contributed by atoms with Gasteiger partial charge in [-0.3, -0.25) is 4.90 Å². The summed E-state index contributed by atoms with van der Waals surface area (Å²) in [6.45, 7) is 2.06. The zero-order chi connectivity index (χ0) is 14.2. The average molecular weight is 278 g/mol. The molecule has 5 nitrogen and oxygen atoms in total. The molecule has 2 saturated heterocycles. The Hall–Kier alpha value is -1.36. The van der Waals surface area contributed by atoms with Gasteiger partial charge in [0.25, 0.3) is 0 Å². The highest BCUT2D eigenvalue weighted by atomic mass is 16.6. The van der Waals surface area contributed by atoms with Gasteiger partial charge < -0.3 is 9.26 Å². The van der Waals surface area contributed by atoms with Gasteiger partial charge in [-0.1, -0.05) is 12.1 Å². The summed E-state index contributed by atoms with van der Waals surface area (Å²) in [4.78, 5) is 14.5. The van der Waals surface area contributed by atoms with Gasteiger partial charge in [0.2, 0.25) is 0 Å². The summed E-state index contributed by atoms with van der Waals surface area (Å²) in [5, 5.41) is 3.84. The van der Waals surface area contributed by atoms with Crippen LogP contribution in [0.25, 0.3) is 0 Å². The second-order valence-corrected chi connectivity index (χ2v) is 5.96. The minimum Gasteiger partial charge on any atom is -0.439 e. The molecule has 2 bridgehead atoms. The third kappa shape index (κ3) is 2.24. The number of carbonyl (C=O) groups is 1. The molecule has 3 rings (SSSR count). The van der Waals surface area contributed by atoms with E-state index in [9.17, 15) is 4.79 Å². The lowest BCUT2D eigenvalue weighted by molar-refractivity contribution is -0.116. The fourth-order valence-corrected chi connectivity index (χ4v) is 3.52. The lowest BCUT2D eigenvalue weighted by Gasteiger charge is -2.41. The second kappa shape index (κ2) is 5.20. The van der Waals surface area contributed by atoms with Crippen LogP contribution < -0.4 is 0 Å². The van der Waals surface area contributed by atoms with Crippen molar-refractivity contribution < 1.29 is 14.1 Å². The van der Waals surface area contributed by atoms with Crippen LogP contribution in [-0.2, 0) is 11.2 Å². The van der Waals surface area contributed by atoms with Crippen molar-refractivity contribution in [1.29, 1.82) is 0 Å². The quantitative estimate of drug-likeness (QED) is 0.793. The molecule has 0 N–H and O–H groups in total. The Bertz CT molecular complexity index is 495. The standard InChI is InChI=1S/C15H22N2O3/c1-3-5-12-10-13(16-20-12)14(18)19-15-8-4-6-11(7-9-15)17(15)2/h10-11H,3-9H2,1-2H3. The Morgan fingerprint density at radius 2 is 2.40 bits per heavy atom. The fraction of sp³-hybridized carbons (Fsp3) is 0.733. The van der Waals surface area contributed by atoms with Crippen LogP contribution in [-0.4, -0.2) is 34.8 Å². The first-order valence-electron chi connectivity index (χ1n) is 7.56. The van der Waals surface area contributed by atoms with Crippen molar-refractivity contribution in [1.82, 2.24) is 10.1 Å². The minimum atomic E-state index is -0.413. The maximum atomic E-state index is 12.3. The molecule has 2 unspecified atom stereocenters. The monoisotopic (exact) mass is 278 g/mol. The molecule has 2 atom stereocenters. The Kier molecular flexibility index (Phi) is 3.54. The molecule has 2 aliphatic rings. The first-order valence-corrected chi connectivity index (χ1v) is 7.56. The largest absolute Gasteiger partial charge is 0.439 e. The number of carbonyl (C=O) groups excluding carboxylic acids is 1. The number of hydrogen-bond acceptors (Lipinski definition) is 5. The van der Waals surface area contributed by atoms with E-state index in [-0.39, 0.29) is 5.97 Å². The normalized spacial score (nSPS) is 29.6. The number of rotatable bonds is 4. The highest BCUT2D eigenvalue weighted by molar-refractivity contribution is 5.87. The van der Waals surface area contributed by atoms with E-state index in [1.807, 2.05) is 0 Å². The van der Waals surface area contributed by atoms with Crippen molar-refractivity contribution in [3.05, 3.63) is 17.5 Å². The predicted molar refractivity (Wildman–Crippen MR) is 73.3 cm³/mol. The van der Waals surface area contributed by atoms with Gasteiger partial charge in [0, 0.05) is 31.4 Å². The van der Waals surface area contributed by atoms with Gasteiger partial charge in [-0.25, -0.2) is 4.79 Å². The van der Waals surface area contributed by atoms with Gasteiger partial charge in [0.1, 0.15) is 5.76 Å². The Morgan fingerprint density at radius 3 is 3.20 bits per heavy atom. The van der Waals surface area contributed by atoms with E-state index in [1.165, 1.54) is 6.42 Å². The molecular weight excluding hydrogens is 256 g/mol. The van der Waals surface area contributed by atoms with Crippen molar-refractivity contribution in [2.45, 2.75) is 63.6 Å². The maximum Gasteiger partial charge on any atom is 0.362 e. The average Bonchev–Trinajstić information content (AvgIpc) is 2.93. The fourth-order valence-electron chi connectivity index (χ4n) is 3.52. The van der Waals surface area contributed by atoms with Gasteiger partial charge in [0.15, 0.2) is 11.4 Å². The molecule has 0 saturated carbocycles. The Morgan fingerprint density at radius 1 is 1.55 bits per heavy atom. The first-order chi connectivity index (χ1) is 9.64. The molecule has 1 aromatic heterocycles. The second-order valence-electron chi connectivity index (χ2n) is 5.96. The van der Waals surface area contributed by atoms with Crippen LogP contribution in [0, 0.1) is 0 Å². The number of aryl methyl sites for hydroxylation is 1. The summed E-state index contributed by atoms with van der Waals surface area (Å²) in [5.41, 5.74) is -0.116.